The van der Waals surface area contributed by atoms with Crippen molar-refractivity contribution in [2.75, 3.05) is 4.90 Å². The maximum absolute atomic E-state index is 6.48. The Morgan fingerprint density at radius 3 is 1.64 bits per heavy atom. The highest BCUT2D eigenvalue weighted by molar-refractivity contribution is 6.12. The maximum atomic E-state index is 6.48. The van der Waals surface area contributed by atoms with Gasteiger partial charge in [-0.05, 0) is 105 Å². The van der Waals surface area contributed by atoms with Crippen LogP contribution in [-0.4, -0.2) is 4.57 Å². The molecular weight excluding hydrogens is 741 g/mol. The van der Waals surface area contributed by atoms with E-state index >= 15 is 0 Å². The van der Waals surface area contributed by atoms with Crippen molar-refractivity contribution >= 4 is 71.6 Å². The average Bonchev–Trinajstić information content (AvgIpc) is 3.86. The second kappa shape index (κ2) is 14.3. The number of hydrogen-bond acceptors (Lipinski definition) is 2. The Bertz CT molecular complexity index is 3530. The van der Waals surface area contributed by atoms with Gasteiger partial charge in [-0.25, -0.2) is 0 Å². The first-order chi connectivity index (χ1) is 30.3. The van der Waals surface area contributed by atoms with Crippen LogP contribution in [-0.2, 0) is 0 Å². The average molecular weight is 779 g/mol. The maximum Gasteiger partial charge on any atom is 0.136 e. The number of nitrogens with zero attached hydrogens (tertiary/aromatic N) is 2. The number of rotatable bonds is 7. The van der Waals surface area contributed by atoms with Gasteiger partial charge in [-0.2, -0.15) is 0 Å². The molecule has 0 saturated carbocycles. The van der Waals surface area contributed by atoms with Crippen molar-refractivity contribution < 1.29 is 4.42 Å². The van der Waals surface area contributed by atoms with E-state index in [9.17, 15) is 0 Å². The van der Waals surface area contributed by atoms with E-state index in [0.29, 0.717) is 0 Å². The van der Waals surface area contributed by atoms with Crippen LogP contribution in [0.15, 0.2) is 235 Å². The zero-order valence-corrected chi connectivity index (χ0v) is 33.2. The predicted molar refractivity (Wildman–Crippen MR) is 257 cm³/mol. The van der Waals surface area contributed by atoms with E-state index in [1.54, 1.807) is 0 Å². The van der Waals surface area contributed by atoms with Gasteiger partial charge in [0.1, 0.15) is 11.2 Å². The number of furan rings is 1. The van der Waals surface area contributed by atoms with E-state index < -0.39 is 0 Å². The van der Waals surface area contributed by atoms with Gasteiger partial charge in [-0.1, -0.05) is 164 Å². The van der Waals surface area contributed by atoms with Crippen LogP contribution in [0.1, 0.15) is 0 Å². The molecule has 3 heteroatoms. The lowest BCUT2D eigenvalue weighted by molar-refractivity contribution is 0.669. The molecule has 0 radical (unpaired) electrons. The van der Waals surface area contributed by atoms with Crippen LogP contribution in [0.5, 0.6) is 0 Å². The van der Waals surface area contributed by atoms with Gasteiger partial charge < -0.3 is 13.9 Å². The molecular formula is C58H38N2O. The molecule has 0 saturated heterocycles. The fourth-order valence-corrected chi connectivity index (χ4v) is 9.37. The van der Waals surface area contributed by atoms with E-state index in [4.69, 9.17) is 4.42 Å². The summed E-state index contributed by atoms with van der Waals surface area (Å²) in [5.74, 6) is 0. The Morgan fingerprint density at radius 1 is 0.344 bits per heavy atom. The van der Waals surface area contributed by atoms with E-state index in [2.05, 4.69) is 240 Å². The van der Waals surface area contributed by atoms with Gasteiger partial charge in [0, 0.05) is 32.8 Å². The van der Waals surface area contributed by atoms with Crippen molar-refractivity contribution in [2.24, 2.45) is 0 Å². The normalized spacial score (nSPS) is 11.6. The lowest BCUT2D eigenvalue weighted by Gasteiger charge is -2.31. The molecule has 0 atom stereocenters. The molecule has 0 aliphatic rings. The third kappa shape index (κ3) is 5.82. The Morgan fingerprint density at radius 2 is 0.902 bits per heavy atom. The number of anilines is 3. The minimum atomic E-state index is 0.881. The van der Waals surface area contributed by atoms with Crippen molar-refractivity contribution in [1.82, 2.24) is 4.57 Å². The molecule has 2 heterocycles. The minimum Gasteiger partial charge on any atom is -0.456 e. The highest BCUT2D eigenvalue weighted by Gasteiger charge is 2.25. The van der Waals surface area contributed by atoms with Crippen LogP contribution >= 0.6 is 0 Å². The second-order valence-electron chi connectivity index (χ2n) is 15.7. The van der Waals surface area contributed by atoms with Crippen LogP contribution < -0.4 is 4.90 Å². The molecule has 286 valence electrons. The van der Waals surface area contributed by atoms with Crippen LogP contribution in [0.3, 0.4) is 0 Å². The summed E-state index contributed by atoms with van der Waals surface area (Å²) < 4.78 is 8.91. The van der Waals surface area contributed by atoms with E-state index in [1.807, 2.05) is 0 Å². The van der Waals surface area contributed by atoms with Crippen molar-refractivity contribution in [3.63, 3.8) is 0 Å². The molecule has 0 fully saturated rings. The van der Waals surface area contributed by atoms with Gasteiger partial charge in [-0.3, -0.25) is 0 Å². The van der Waals surface area contributed by atoms with Crippen LogP contribution in [0.4, 0.5) is 17.1 Å². The summed E-state index contributed by atoms with van der Waals surface area (Å²) in [4.78, 5) is 2.46. The first kappa shape index (κ1) is 34.9. The Labute approximate surface area is 353 Å². The predicted octanol–water partition coefficient (Wildman–Crippen LogP) is 16.3. The zero-order valence-electron chi connectivity index (χ0n) is 33.2. The Balaban J connectivity index is 1.13. The SMILES string of the molecule is c1ccc(-c2ccc(N(c3ccccc3-n3c4ccccc4c4ccccc43)c3cccc(-c4ccc5oc6cc7ccccc7cc6c5c4)c3-c3ccccc3)cc2)cc1. The zero-order chi connectivity index (χ0) is 40.3. The first-order valence-corrected chi connectivity index (χ1v) is 20.8. The standard InChI is InChI=1S/C58H38N2O/c1-3-16-39(17-4-1)40-30-33-45(34-31-40)59(53-27-13-14-28-54(53)60-51-25-11-9-22-47(51)48-23-10-12-26-52(48)60)55-29-15-24-46(58(55)41-18-5-2-6-19-41)44-32-35-56-49(37-44)50-36-42-20-7-8-21-43(42)38-57(50)61-56/h1-38H. The van der Waals surface area contributed by atoms with E-state index in [0.717, 1.165) is 66.9 Å². The molecule has 0 aliphatic heterocycles. The molecule has 61 heavy (non-hydrogen) atoms. The smallest absolute Gasteiger partial charge is 0.136 e. The fourth-order valence-electron chi connectivity index (χ4n) is 9.37. The molecule has 10 aromatic carbocycles. The third-order valence-corrected chi connectivity index (χ3v) is 12.2. The van der Waals surface area contributed by atoms with E-state index in [-0.39, 0.29) is 0 Å². The molecule has 0 N–H and O–H groups in total. The van der Waals surface area contributed by atoms with Gasteiger partial charge in [0.25, 0.3) is 0 Å². The van der Waals surface area contributed by atoms with Gasteiger partial charge in [-0.15, -0.1) is 0 Å². The summed E-state index contributed by atoms with van der Waals surface area (Å²) in [6.07, 6.45) is 0. The van der Waals surface area contributed by atoms with Gasteiger partial charge in [0.05, 0.1) is 28.1 Å². The van der Waals surface area contributed by atoms with Crippen molar-refractivity contribution in [1.29, 1.82) is 0 Å². The molecule has 3 nitrogen and oxygen atoms in total. The van der Waals surface area contributed by atoms with Crippen LogP contribution in [0.25, 0.3) is 93.6 Å². The minimum absolute atomic E-state index is 0.881. The number of benzene rings is 10. The first-order valence-electron chi connectivity index (χ1n) is 20.8. The summed E-state index contributed by atoms with van der Waals surface area (Å²) in [5, 5.41) is 7.06. The molecule has 0 bridgehead atoms. The molecule has 12 aromatic rings. The molecule has 2 aromatic heterocycles. The summed E-state index contributed by atoms with van der Waals surface area (Å²) in [7, 11) is 0. The molecule has 12 rings (SSSR count). The molecule has 0 unspecified atom stereocenters. The highest BCUT2D eigenvalue weighted by atomic mass is 16.3. The summed E-state index contributed by atoms with van der Waals surface area (Å²) in [6.45, 7) is 0. The van der Waals surface area contributed by atoms with Crippen molar-refractivity contribution in [2.45, 2.75) is 0 Å². The summed E-state index contributed by atoms with van der Waals surface area (Å²) in [5.41, 5.74) is 15.3. The van der Waals surface area contributed by atoms with E-state index in [1.165, 1.54) is 43.7 Å². The van der Waals surface area contributed by atoms with Crippen molar-refractivity contribution in [3.8, 4) is 39.1 Å². The quantitative estimate of drug-likeness (QED) is 0.161. The van der Waals surface area contributed by atoms with Gasteiger partial charge in [0.2, 0.25) is 0 Å². The number of fused-ring (bicyclic) bond motifs is 7. The third-order valence-electron chi connectivity index (χ3n) is 12.2. The number of hydrogen-bond donors (Lipinski definition) is 0. The highest BCUT2D eigenvalue weighted by Crippen LogP contribution is 2.48. The lowest BCUT2D eigenvalue weighted by atomic mass is 9.91. The number of para-hydroxylation sites is 4. The topological polar surface area (TPSA) is 21.3 Å². The molecule has 0 aliphatic carbocycles. The molecule has 0 amide bonds. The fraction of sp³-hybridized carbons (Fsp3) is 0. The van der Waals surface area contributed by atoms with Gasteiger partial charge in [0.15, 0.2) is 0 Å². The van der Waals surface area contributed by atoms with Crippen LogP contribution in [0, 0.1) is 0 Å². The van der Waals surface area contributed by atoms with Crippen LogP contribution in [0.2, 0.25) is 0 Å². The largest absolute Gasteiger partial charge is 0.456 e. The van der Waals surface area contributed by atoms with Crippen molar-refractivity contribution in [3.05, 3.63) is 231 Å². The molecule has 0 spiro atoms. The summed E-state index contributed by atoms with van der Waals surface area (Å²) in [6, 6.07) is 83.1. The Hall–Kier alpha value is -8.14. The van der Waals surface area contributed by atoms with Gasteiger partial charge >= 0.3 is 0 Å². The Kier molecular flexibility index (Phi) is 8.17. The monoisotopic (exact) mass is 778 g/mol. The summed E-state index contributed by atoms with van der Waals surface area (Å²) >= 11 is 0. The lowest BCUT2D eigenvalue weighted by Crippen LogP contribution is -2.14. The second-order valence-corrected chi connectivity index (χ2v) is 15.7. The number of aromatic nitrogens is 1.